The lowest BCUT2D eigenvalue weighted by atomic mass is 9.90. The minimum atomic E-state index is 0.973. The number of benzene rings is 6. The Morgan fingerprint density at radius 1 is 0.310 bits per heavy atom. The maximum Gasteiger partial charge on any atom is 0.0722 e. The van der Waals surface area contributed by atoms with Crippen LogP contribution in [0.4, 0.5) is 0 Å². The molecule has 0 bridgehead atoms. The van der Waals surface area contributed by atoms with Gasteiger partial charge in [-0.1, -0.05) is 133 Å². The van der Waals surface area contributed by atoms with E-state index in [4.69, 9.17) is 9.97 Å². The van der Waals surface area contributed by atoms with Crippen molar-refractivity contribution in [3.63, 3.8) is 0 Å². The van der Waals surface area contributed by atoms with E-state index in [-0.39, 0.29) is 0 Å². The van der Waals surface area contributed by atoms with E-state index < -0.39 is 0 Å². The van der Waals surface area contributed by atoms with Crippen LogP contribution >= 0.6 is 0 Å². The van der Waals surface area contributed by atoms with Gasteiger partial charge in [-0.2, -0.15) is 0 Å². The van der Waals surface area contributed by atoms with Gasteiger partial charge in [0.25, 0.3) is 0 Å². The second-order valence-electron chi connectivity index (χ2n) is 10.6. The minimum Gasteiger partial charge on any atom is -0.248 e. The topological polar surface area (TPSA) is 25.8 Å². The molecule has 0 N–H and O–H groups in total. The first-order valence-electron chi connectivity index (χ1n) is 14.3. The van der Waals surface area contributed by atoms with Crippen LogP contribution in [0.25, 0.3) is 77.3 Å². The van der Waals surface area contributed by atoms with E-state index in [1.165, 1.54) is 33.0 Å². The van der Waals surface area contributed by atoms with Crippen LogP contribution in [0.2, 0.25) is 0 Å². The Labute approximate surface area is 244 Å². The van der Waals surface area contributed by atoms with Gasteiger partial charge in [-0.3, -0.25) is 0 Å². The van der Waals surface area contributed by atoms with Crippen molar-refractivity contribution < 1.29 is 0 Å². The first-order chi connectivity index (χ1) is 20.8. The smallest absolute Gasteiger partial charge is 0.0722 e. The molecule has 0 fully saturated rings. The van der Waals surface area contributed by atoms with Crippen molar-refractivity contribution in [3.05, 3.63) is 158 Å². The Balaban J connectivity index is 1.48. The van der Waals surface area contributed by atoms with Crippen LogP contribution in [0.1, 0.15) is 0 Å². The van der Waals surface area contributed by atoms with E-state index in [0.29, 0.717) is 0 Å². The van der Waals surface area contributed by atoms with Crippen molar-refractivity contribution in [1.82, 2.24) is 9.97 Å². The molecule has 0 aliphatic carbocycles. The summed E-state index contributed by atoms with van der Waals surface area (Å²) < 4.78 is 0. The van der Waals surface area contributed by atoms with E-state index in [9.17, 15) is 0 Å². The Morgan fingerprint density at radius 3 is 1.00 bits per heavy atom. The first kappa shape index (κ1) is 24.2. The van der Waals surface area contributed by atoms with Crippen LogP contribution in [0, 0.1) is 0 Å². The average Bonchev–Trinajstić information content (AvgIpc) is 3.08. The van der Waals surface area contributed by atoms with Crippen molar-refractivity contribution in [1.29, 1.82) is 0 Å². The Hall–Kier alpha value is -5.60. The number of fused-ring (bicyclic) bond motifs is 5. The van der Waals surface area contributed by atoms with Gasteiger partial charge in [0.15, 0.2) is 0 Å². The van der Waals surface area contributed by atoms with Crippen molar-refractivity contribution in [2.75, 3.05) is 0 Å². The second kappa shape index (κ2) is 10.1. The lowest BCUT2D eigenvalue weighted by molar-refractivity contribution is 1.40. The zero-order valence-corrected chi connectivity index (χ0v) is 22.9. The highest BCUT2D eigenvalue weighted by atomic mass is 14.7. The summed E-state index contributed by atoms with van der Waals surface area (Å²) in [6.07, 6.45) is 0. The summed E-state index contributed by atoms with van der Waals surface area (Å²) in [5, 5.41) is 4.67. The van der Waals surface area contributed by atoms with Crippen LogP contribution in [0.15, 0.2) is 158 Å². The third-order valence-electron chi connectivity index (χ3n) is 8.05. The predicted molar refractivity (Wildman–Crippen MR) is 176 cm³/mol. The molecule has 2 heterocycles. The van der Waals surface area contributed by atoms with Crippen molar-refractivity contribution in [3.8, 4) is 44.8 Å². The summed E-state index contributed by atoms with van der Waals surface area (Å²) in [5.74, 6) is 0. The maximum absolute atomic E-state index is 5.18. The molecule has 0 radical (unpaired) electrons. The fraction of sp³-hybridized carbons (Fsp3) is 0. The van der Waals surface area contributed by atoms with Gasteiger partial charge in [0.1, 0.15) is 0 Å². The number of aromatic nitrogens is 2. The van der Waals surface area contributed by atoms with E-state index >= 15 is 0 Å². The van der Waals surface area contributed by atoms with Gasteiger partial charge in [-0.15, -0.1) is 0 Å². The standard InChI is InChI=1S/C40H26N2/c1-5-13-27(14-6-1)33-25-37(29-17-9-3-10-18-29)41-35-23-22-32-31(39(33)35)21-24-36-40(32)34(28-15-7-2-8-16-28)26-38(42-36)30-19-11-4-12-20-30/h1-26H. The molecule has 0 saturated carbocycles. The van der Waals surface area contributed by atoms with Gasteiger partial charge in [-0.25, -0.2) is 9.97 Å². The van der Waals surface area contributed by atoms with Gasteiger partial charge in [0.05, 0.1) is 22.4 Å². The van der Waals surface area contributed by atoms with Crippen LogP contribution < -0.4 is 0 Å². The zero-order valence-electron chi connectivity index (χ0n) is 22.9. The van der Waals surface area contributed by atoms with Crippen LogP contribution in [0.3, 0.4) is 0 Å². The third kappa shape index (κ3) is 4.13. The van der Waals surface area contributed by atoms with Gasteiger partial charge < -0.3 is 0 Å². The Bertz CT molecular complexity index is 2040. The largest absolute Gasteiger partial charge is 0.248 e. The Morgan fingerprint density at radius 2 is 0.643 bits per heavy atom. The van der Waals surface area contributed by atoms with Gasteiger partial charge >= 0.3 is 0 Å². The number of nitrogens with zero attached hydrogens (tertiary/aromatic N) is 2. The molecule has 0 spiro atoms. The van der Waals surface area contributed by atoms with Gasteiger partial charge in [-0.05, 0) is 57.3 Å². The van der Waals surface area contributed by atoms with E-state index in [1.54, 1.807) is 0 Å². The van der Waals surface area contributed by atoms with Crippen LogP contribution in [0.5, 0.6) is 0 Å². The number of hydrogen-bond acceptors (Lipinski definition) is 2. The zero-order chi connectivity index (χ0) is 27.9. The SMILES string of the molecule is c1ccc(-c2cc(-c3ccccc3)c3c(ccc4c3ccc3nc(-c5ccccc5)cc(-c5ccccc5)c34)n2)cc1. The molecule has 2 aromatic heterocycles. The highest BCUT2D eigenvalue weighted by Gasteiger charge is 2.17. The molecule has 42 heavy (non-hydrogen) atoms. The molecule has 8 aromatic rings. The molecule has 0 atom stereocenters. The van der Waals surface area contributed by atoms with Crippen LogP contribution in [-0.2, 0) is 0 Å². The van der Waals surface area contributed by atoms with E-state index in [2.05, 4.69) is 146 Å². The van der Waals surface area contributed by atoms with Crippen LogP contribution in [-0.4, -0.2) is 9.97 Å². The normalized spacial score (nSPS) is 11.3. The summed E-state index contributed by atoms with van der Waals surface area (Å²) in [6, 6.07) is 55.5. The molecular formula is C40H26N2. The maximum atomic E-state index is 5.18. The molecule has 2 heteroatoms. The molecule has 2 nitrogen and oxygen atoms in total. The average molecular weight is 535 g/mol. The lowest BCUT2D eigenvalue weighted by Gasteiger charge is -2.16. The van der Waals surface area contributed by atoms with E-state index in [0.717, 1.165) is 44.3 Å². The molecule has 0 aliphatic rings. The summed E-state index contributed by atoms with van der Waals surface area (Å²) in [5.41, 5.74) is 10.8. The summed E-state index contributed by atoms with van der Waals surface area (Å²) in [6.45, 7) is 0. The highest BCUT2D eigenvalue weighted by Crippen LogP contribution is 2.41. The van der Waals surface area contributed by atoms with Crippen molar-refractivity contribution >= 4 is 32.6 Å². The Kier molecular flexibility index (Phi) is 5.82. The monoisotopic (exact) mass is 534 g/mol. The highest BCUT2D eigenvalue weighted by molar-refractivity contribution is 6.23. The molecule has 0 saturated heterocycles. The summed E-state index contributed by atoms with van der Waals surface area (Å²) in [4.78, 5) is 10.4. The summed E-state index contributed by atoms with van der Waals surface area (Å²) >= 11 is 0. The fourth-order valence-electron chi connectivity index (χ4n) is 6.08. The van der Waals surface area contributed by atoms with Gasteiger partial charge in [0.2, 0.25) is 0 Å². The predicted octanol–water partition coefficient (Wildman–Crippen LogP) is 10.6. The number of pyridine rings is 2. The number of rotatable bonds is 4. The third-order valence-corrected chi connectivity index (χ3v) is 8.05. The lowest BCUT2D eigenvalue weighted by Crippen LogP contribution is -1.94. The molecule has 8 rings (SSSR count). The fourth-order valence-corrected chi connectivity index (χ4v) is 6.08. The minimum absolute atomic E-state index is 0.973. The van der Waals surface area contributed by atoms with Crippen molar-refractivity contribution in [2.45, 2.75) is 0 Å². The van der Waals surface area contributed by atoms with E-state index in [1.807, 2.05) is 12.1 Å². The first-order valence-corrected chi connectivity index (χ1v) is 14.3. The molecular weight excluding hydrogens is 508 g/mol. The quantitative estimate of drug-likeness (QED) is 0.210. The summed E-state index contributed by atoms with van der Waals surface area (Å²) in [7, 11) is 0. The van der Waals surface area contributed by atoms with Gasteiger partial charge in [0, 0.05) is 21.9 Å². The molecule has 196 valence electrons. The molecule has 0 aliphatic heterocycles. The molecule has 0 amide bonds. The van der Waals surface area contributed by atoms with Crippen molar-refractivity contribution in [2.24, 2.45) is 0 Å². The second-order valence-corrected chi connectivity index (χ2v) is 10.6. The molecule has 0 unspecified atom stereocenters. The number of hydrogen-bond donors (Lipinski definition) is 0. The molecule has 6 aromatic carbocycles.